The average molecular weight is 482 g/mol. The second kappa shape index (κ2) is 11.0. The first-order valence-electron chi connectivity index (χ1n) is 11.0. The maximum absolute atomic E-state index is 12.6. The lowest BCUT2D eigenvalue weighted by molar-refractivity contribution is 0.0940. The average Bonchev–Trinajstić information content (AvgIpc) is 2.83. The summed E-state index contributed by atoms with van der Waals surface area (Å²) >= 11 is 7.82. The molecule has 1 saturated heterocycles. The molecular weight excluding hydrogens is 454 g/mol. The fraction of sp³-hybridized carbons (Fsp3) is 0.320. The highest BCUT2D eigenvalue weighted by Gasteiger charge is 2.17. The minimum absolute atomic E-state index is 0.0524. The highest BCUT2D eigenvalue weighted by Crippen LogP contribution is 2.25. The summed E-state index contributed by atoms with van der Waals surface area (Å²) in [5.41, 5.74) is 2.82. The molecule has 1 aliphatic rings. The first kappa shape index (κ1) is 23.5. The van der Waals surface area contributed by atoms with Crippen molar-refractivity contribution in [3.63, 3.8) is 0 Å². The summed E-state index contributed by atoms with van der Waals surface area (Å²) in [6.07, 6.45) is 0. The van der Waals surface area contributed by atoms with Gasteiger partial charge in [-0.3, -0.25) is 4.79 Å². The van der Waals surface area contributed by atoms with Gasteiger partial charge < -0.3 is 15.1 Å². The van der Waals surface area contributed by atoms with Gasteiger partial charge in [-0.1, -0.05) is 65.8 Å². The largest absolute Gasteiger partial charge is 0.354 e. The molecule has 0 radical (unpaired) electrons. The van der Waals surface area contributed by atoms with Crippen molar-refractivity contribution in [3.8, 4) is 0 Å². The lowest BCUT2D eigenvalue weighted by atomic mass is 10.1. The Labute approximate surface area is 204 Å². The maximum atomic E-state index is 12.6. The second-order valence-corrected chi connectivity index (χ2v) is 9.54. The van der Waals surface area contributed by atoms with Crippen molar-refractivity contribution in [1.82, 2.24) is 20.2 Å². The zero-order chi connectivity index (χ0) is 23.2. The van der Waals surface area contributed by atoms with Gasteiger partial charge >= 0.3 is 0 Å². The molecule has 33 heavy (non-hydrogen) atoms. The van der Waals surface area contributed by atoms with Gasteiger partial charge in [0.05, 0.1) is 6.04 Å². The zero-order valence-corrected chi connectivity index (χ0v) is 20.4. The first-order chi connectivity index (χ1) is 16.0. The molecule has 2 aromatic carbocycles. The molecule has 1 fully saturated rings. The van der Waals surface area contributed by atoms with E-state index < -0.39 is 0 Å². The van der Waals surface area contributed by atoms with Crippen molar-refractivity contribution >= 4 is 35.1 Å². The van der Waals surface area contributed by atoms with E-state index in [1.54, 1.807) is 11.8 Å². The third-order valence-electron chi connectivity index (χ3n) is 5.72. The fourth-order valence-electron chi connectivity index (χ4n) is 3.65. The van der Waals surface area contributed by atoms with Gasteiger partial charge in [0.2, 0.25) is 0 Å². The summed E-state index contributed by atoms with van der Waals surface area (Å²) in [7, 11) is 2.13. The van der Waals surface area contributed by atoms with Crippen LogP contribution in [0.3, 0.4) is 0 Å². The molecular formula is C25H28ClN5OS. The van der Waals surface area contributed by atoms with Crippen LogP contribution in [0, 0.1) is 0 Å². The summed E-state index contributed by atoms with van der Waals surface area (Å²) in [5, 5.41) is 4.17. The smallest absolute Gasteiger partial charge is 0.251 e. The van der Waals surface area contributed by atoms with Gasteiger partial charge in [-0.25, -0.2) is 9.97 Å². The van der Waals surface area contributed by atoms with Crippen molar-refractivity contribution in [2.75, 3.05) is 38.1 Å². The Morgan fingerprint density at radius 2 is 1.76 bits per heavy atom. The molecule has 0 bridgehead atoms. The number of carbonyl (C=O) groups is 1. The second-order valence-electron chi connectivity index (χ2n) is 8.21. The van der Waals surface area contributed by atoms with Gasteiger partial charge in [0.25, 0.3) is 5.91 Å². The number of aromatic nitrogens is 2. The molecule has 1 aromatic heterocycles. The van der Waals surface area contributed by atoms with E-state index >= 15 is 0 Å². The number of piperazine rings is 1. The first-order valence-corrected chi connectivity index (χ1v) is 12.4. The lowest BCUT2D eigenvalue weighted by Crippen LogP contribution is -2.44. The van der Waals surface area contributed by atoms with Gasteiger partial charge in [-0.05, 0) is 37.2 Å². The molecule has 3 aromatic rings. The van der Waals surface area contributed by atoms with Gasteiger partial charge in [0.1, 0.15) is 11.0 Å². The van der Waals surface area contributed by atoms with Crippen LogP contribution in [-0.4, -0.2) is 54.0 Å². The van der Waals surface area contributed by atoms with Gasteiger partial charge in [-0.2, -0.15) is 0 Å². The van der Waals surface area contributed by atoms with Gasteiger partial charge in [0.15, 0.2) is 5.16 Å². The minimum Gasteiger partial charge on any atom is -0.354 e. The summed E-state index contributed by atoms with van der Waals surface area (Å²) in [5.74, 6) is 1.50. The lowest BCUT2D eigenvalue weighted by Gasteiger charge is -2.33. The molecule has 1 amide bonds. The highest BCUT2D eigenvalue weighted by atomic mass is 35.5. The Bertz CT molecular complexity index is 1070. The van der Waals surface area contributed by atoms with Gasteiger partial charge in [0, 0.05) is 43.6 Å². The fourth-order valence-corrected chi connectivity index (χ4v) is 4.69. The number of amides is 1. The summed E-state index contributed by atoms with van der Waals surface area (Å²) in [6.45, 7) is 5.86. The van der Waals surface area contributed by atoms with E-state index in [2.05, 4.69) is 27.1 Å². The summed E-state index contributed by atoms with van der Waals surface area (Å²) in [4.78, 5) is 26.3. The van der Waals surface area contributed by atoms with E-state index in [0.29, 0.717) is 21.6 Å². The third kappa shape index (κ3) is 6.47. The SMILES string of the molecule is CC(NC(=O)c1ccc(CSc2nc(Cl)cc(N3CCN(C)CC3)n2)cc1)c1ccccc1. The van der Waals surface area contributed by atoms with Crippen LogP contribution in [-0.2, 0) is 5.75 Å². The standard InChI is InChI=1S/C25H28ClN5OS/c1-18(20-6-4-3-5-7-20)27-24(32)21-10-8-19(9-11-21)17-33-25-28-22(26)16-23(29-25)31-14-12-30(2)13-15-31/h3-11,16,18H,12-15,17H2,1-2H3,(H,27,32). The molecule has 0 saturated carbocycles. The number of carbonyl (C=O) groups excluding carboxylic acids is 1. The van der Waals surface area contributed by atoms with Crippen molar-refractivity contribution in [2.45, 2.75) is 23.9 Å². The van der Waals surface area contributed by atoms with Crippen LogP contribution in [0.2, 0.25) is 5.15 Å². The molecule has 6 nitrogen and oxygen atoms in total. The Hall–Kier alpha value is -2.61. The Morgan fingerprint density at radius 3 is 2.45 bits per heavy atom. The van der Waals surface area contributed by atoms with Crippen LogP contribution >= 0.6 is 23.4 Å². The molecule has 0 aliphatic carbocycles. The van der Waals surface area contributed by atoms with Crippen LogP contribution in [0.15, 0.2) is 65.8 Å². The highest BCUT2D eigenvalue weighted by molar-refractivity contribution is 7.98. The van der Waals surface area contributed by atoms with Crippen molar-refractivity contribution in [1.29, 1.82) is 0 Å². The number of hydrogen-bond donors (Lipinski definition) is 1. The summed E-state index contributed by atoms with van der Waals surface area (Å²) < 4.78 is 0. The van der Waals surface area contributed by atoms with Crippen LogP contribution in [0.5, 0.6) is 0 Å². The number of thioether (sulfide) groups is 1. The molecule has 1 N–H and O–H groups in total. The number of benzene rings is 2. The topological polar surface area (TPSA) is 61.4 Å². The van der Waals surface area contributed by atoms with Crippen molar-refractivity contribution < 1.29 is 4.79 Å². The predicted octanol–water partition coefficient (Wildman–Crippen LogP) is 4.67. The Balaban J connectivity index is 1.34. The number of anilines is 1. The number of nitrogens with one attached hydrogen (secondary N) is 1. The zero-order valence-electron chi connectivity index (χ0n) is 18.9. The van der Waals surface area contributed by atoms with E-state index in [1.807, 2.05) is 67.6 Å². The van der Waals surface area contributed by atoms with Crippen LogP contribution in [0.25, 0.3) is 0 Å². The van der Waals surface area contributed by atoms with E-state index in [-0.39, 0.29) is 11.9 Å². The molecule has 4 rings (SSSR count). The van der Waals surface area contributed by atoms with E-state index in [4.69, 9.17) is 16.6 Å². The Kier molecular flexibility index (Phi) is 7.85. The van der Waals surface area contributed by atoms with Gasteiger partial charge in [-0.15, -0.1) is 0 Å². The monoisotopic (exact) mass is 481 g/mol. The normalized spacial score (nSPS) is 15.3. The minimum atomic E-state index is -0.0828. The van der Waals surface area contributed by atoms with E-state index in [0.717, 1.165) is 43.1 Å². The number of rotatable bonds is 7. The maximum Gasteiger partial charge on any atom is 0.251 e. The van der Waals surface area contributed by atoms with E-state index in [1.165, 1.54) is 0 Å². The molecule has 2 heterocycles. The molecule has 1 atom stereocenters. The molecule has 1 unspecified atom stereocenters. The number of hydrogen-bond acceptors (Lipinski definition) is 6. The molecule has 1 aliphatic heterocycles. The number of halogens is 1. The summed E-state index contributed by atoms with van der Waals surface area (Å²) in [6, 6.07) is 19.4. The van der Waals surface area contributed by atoms with Crippen LogP contribution < -0.4 is 10.2 Å². The number of nitrogens with zero attached hydrogens (tertiary/aromatic N) is 4. The van der Waals surface area contributed by atoms with Crippen molar-refractivity contribution in [3.05, 3.63) is 82.5 Å². The quantitative estimate of drug-likeness (QED) is 0.301. The third-order valence-corrected chi connectivity index (χ3v) is 6.83. The Morgan fingerprint density at radius 1 is 1.06 bits per heavy atom. The molecule has 0 spiro atoms. The number of likely N-dealkylation sites (N-methyl/N-ethyl adjacent to an activating group) is 1. The van der Waals surface area contributed by atoms with E-state index in [9.17, 15) is 4.79 Å². The van der Waals surface area contributed by atoms with Crippen LogP contribution in [0.4, 0.5) is 5.82 Å². The molecule has 172 valence electrons. The molecule has 8 heteroatoms. The predicted molar refractivity (Wildman–Crippen MR) is 135 cm³/mol. The van der Waals surface area contributed by atoms with Crippen LogP contribution in [0.1, 0.15) is 34.5 Å². The van der Waals surface area contributed by atoms with Crippen molar-refractivity contribution in [2.24, 2.45) is 0 Å².